The number of thiazole rings is 1. The average Bonchev–Trinajstić information content (AvgIpc) is 2.96. The quantitative estimate of drug-likeness (QED) is 0.930. The van der Waals surface area contributed by atoms with Crippen molar-refractivity contribution in [2.24, 2.45) is 0 Å². The molecule has 0 spiro atoms. The van der Waals surface area contributed by atoms with Gasteiger partial charge in [-0.1, -0.05) is 0 Å². The summed E-state index contributed by atoms with van der Waals surface area (Å²) in [5, 5.41) is 5.40. The molecule has 0 aromatic carbocycles. The molecule has 1 saturated heterocycles. The monoisotopic (exact) mass is 304 g/mol. The Bertz CT molecular complexity index is 596. The Hall–Kier alpha value is -1.83. The standard InChI is InChI=1S/C14H16N4O2S/c19-13(11-2-1-3-15-8-11)17-14-16-12(10-21-14)9-18-4-6-20-7-5-18/h1-3,8,10H,4-7,9H2,(H,16,17,19). The Morgan fingerprint density at radius 1 is 1.43 bits per heavy atom. The van der Waals surface area contributed by atoms with Crippen molar-refractivity contribution in [2.75, 3.05) is 31.6 Å². The molecule has 2 aromatic heterocycles. The molecule has 7 heteroatoms. The van der Waals surface area contributed by atoms with E-state index in [1.165, 1.54) is 17.5 Å². The Kier molecular flexibility index (Phi) is 4.54. The zero-order valence-corrected chi connectivity index (χ0v) is 12.3. The average molecular weight is 304 g/mol. The van der Waals surface area contributed by atoms with Crippen LogP contribution in [0.4, 0.5) is 5.13 Å². The number of hydrogen-bond acceptors (Lipinski definition) is 6. The summed E-state index contributed by atoms with van der Waals surface area (Å²) in [6, 6.07) is 3.46. The van der Waals surface area contributed by atoms with Gasteiger partial charge in [-0.15, -0.1) is 11.3 Å². The number of nitrogens with one attached hydrogen (secondary N) is 1. The molecule has 1 fully saturated rings. The number of nitrogens with zero attached hydrogens (tertiary/aromatic N) is 3. The van der Waals surface area contributed by atoms with Crippen LogP contribution in [0.1, 0.15) is 16.1 Å². The molecule has 1 N–H and O–H groups in total. The molecule has 110 valence electrons. The summed E-state index contributed by atoms with van der Waals surface area (Å²) in [5.41, 5.74) is 1.51. The van der Waals surface area contributed by atoms with Crippen LogP contribution in [0, 0.1) is 0 Å². The number of ether oxygens (including phenoxy) is 1. The van der Waals surface area contributed by atoms with Gasteiger partial charge in [-0.05, 0) is 12.1 Å². The number of pyridine rings is 1. The molecule has 3 heterocycles. The first-order valence-corrected chi connectivity index (χ1v) is 7.65. The molecule has 0 bridgehead atoms. The van der Waals surface area contributed by atoms with Crippen molar-refractivity contribution in [3.63, 3.8) is 0 Å². The van der Waals surface area contributed by atoms with Gasteiger partial charge in [0, 0.05) is 37.4 Å². The molecule has 0 aliphatic carbocycles. The summed E-state index contributed by atoms with van der Waals surface area (Å²) >= 11 is 1.44. The molecular weight excluding hydrogens is 288 g/mol. The Morgan fingerprint density at radius 3 is 3.05 bits per heavy atom. The van der Waals surface area contributed by atoms with Gasteiger partial charge in [0.15, 0.2) is 5.13 Å². The Morgan fingerprint density at radius 2 is 2.29 bits per heavy atom. The maximum Gasteiger partial charge on any atom is 0.259 e. The number of anilines is 1. The summed E-state index contributed by atoms with van der Waals surface area (Å²) in [7, 11) is 0. The van der Waals surface area contributed by atoms with Crippen LogP contribution in [-0.4, -0.2) is 47.1 Å². The highest BCUT2D eigenvalue weighted by atomic mass is 32.1. The van der Waals surface area contributed by atoms with Crippen molar-refractivity contribution in [3.05, 3.63) is 41.2 Å². The first-order chi connectivity index (χ1) is 10.3. The number of rotatable bonds is 4. The minimum atomic E-state index is -0.185. The van der Waals surface area contributed by atoms with Gasteiger partial charge in [0.2, 0.25) is 0 Å². The van der Waals surface area contributed by atoms with Crippen molar-refractivity contribution in [3.8, 4) is 0 Å². The third-order valence-electron chi connectivity index (χ3n) is 3.19. The molecule has 0 saturated carbocycles. The van der Waals surface area contributed by atoms with E-state index in [1.807, 2.05) is 5.38 Å². The SMILES string of the molecule is O=C(Nc1nc(CN2CCOCC2)cs1)c1cccnc1. The molecule has 21 heavy (non-hydrogen) atoms. The second-order valence-electron chi connectivity index (χ2n) is 4.73. The van der Waals surface area contributed by atoms with E-state index in [4.69, 9.17) is 4.74 Å². The lowest BCUT2D eigenvalue weighted by molar-refractivity contribution is 0.0337. The van der Waals surface area contributed by atoms with Crippen LogP contribution in [0.15, 0.2) is 29.9 Å². The van der Waals surface area contributed by atoms with Crippen LogP contribution in [0.2, 0.25) is 0 Å². The summed E-state index contributed by atoms with van der Waals surface area (Å²) in [6.07, 6.45) is 3.18. The summed E-state index contributed by atoms with van der Waals surface area (Å²) in [4.78, 5) is 22.7. The molecule has 0 unspecified atom stereocenters. The van der Waals surface area contributed by atoms with E-state index in [9.17, 15) is 4.79 Å². The van der Waals surface area contributed by atoms with E-state index in [0.717, 1.165) is 38.5 Å². The van der Waals surface area contributed by atoms with Crippen LogP contribution in [0.3, 0.4) is 0 Å². The van der Waals surface area contributed by atoms with E-state index >= 15 is 0 Å². The third-order valence-corrected chi connectivity index (χ3v) is 3.99. The largest absolute Gasteiger partial charge is 0.379 e. The molecule has 0 radical (unpaired) electrons. The molecular formula is C14H16N4O2S. The predicted molar refractivity (Wildman–Crippen MR) is 80.4 cm³/mol. The van der Waals surface area contributed by atoms with E-state index in [1.54, 1.807) is 18.3 Å². The molecule has 3 rings (SSSR count). The second-order valence-corrected chi connectivity index (χ2v) is 5.59. The van der Waals surface area contributed by atoms with Gasteiger partial charge in [-0.2, -0.15) is 0 Å². The van der Waals surface area contributed by atoms with Gasteiger partial charge in [0.05, 0.1) is 24.5 Å². The summed E-state index contributed by atoms with van der Waals surface area (Å²) in [6.45, 7) is 4.19. The fourth-order valence-corrected chi connectivity index (χ4v) is 2.79. The Balaban J connectivity index is 1.58. The van der Waals surface area contributed by atoms with Crippen LogP contribution in [-0.2, 0) is 11.3 Å². The minimum absolute atomic E-state index is 0.185. The third kappa shape index (κ3) is 3.84. The number of morpholine rings is 1. The number of hydrogen-bond donors (Lipinski definition) is 1. The van der Waals surface area contributed by atoms with Gasteiger partial charge in [0.1, 0.15) is 0 Å². The molecule has 1 amide bonds. The van der Waals surface area contributed by atoms with Crippen molar-refractivity contribution < 1.29 is 9.53 Å². The summed E-state index contributed by atoms with van der Waals surface area (Å²) < 4.78 is 5.32. The first kappa shape index (κ1) is 14.1. The van der Waals surface area contributed by atoms with Gasteiger partial charge < -0.3 is 4.74 Å². The maximum atomic E-state index is 12.0. The summed E-state index contributed by atoms with van der Waals surface area (Å²) in [5.74, 6) is -0.185. The fourth-order valence-electron chi connectivity index (χ4n) is 2.09. The normalized spacial score (nSPS) is 15.8. The van der Waals surface area contributed by atoms with Crippen molar-refractivity contribution in [1.82, 2.24) is 14.9 Å². The van der Waals surface area contributed by atoms with Crippen LogP contribution in [0.25, 0.3) is 0 Å². The lowest BCUT2D eigenvalue weighted by atomic mass is 10.3. The molecule has 0 atom stereocenters. The van der Waals surface area contributed by atoms with Gasteiger partial charge in [0.25, 0.3) is 5.91 Å². The van der Waals surface area contributed by atoms with Crippen LogP contribution in [0.5, 0.6) is 0 Å². The predicted octanol–water partition coefficient (Wildman–Crippen LogP) is 1.62. The zero-order valence-electron chi connectivity index (χ0n) is 11.5. The number of carbonyl (C=O) groups is 1. The van der Waals surface area contributed by atoms with Crippen LogP contribution < -0.4 is 5.32 Å². The van der Waals surface area contributed by atoms with Crippen molar-refractivity contribution in [1.29, 1.82) is 0 Å². The molecule has 6 nitrogen and oxygen atoms in total. The minimum Gasteiger partial charge on any atom is -0.379 e. The highest BCUT2D eigenvalue weighted by Crippen LogP contribution is 2.18. The highest BCUT2D eigenvalue weighted by molar-refractivity contribution is 7.13. The van der Waals surface area contributed by atoms with E-state index in [2.05, 4.69) is 20.2 Å². The van der Waals surface area contributed by atoms with E-state index in [-0.39, 0.29) is 5.91 Å². The fraction of sp³-hybridized carbons (Fsp3) is 0.357. The van der Waals surface area contributed by atoms with Gasteiger partial charge >= 0.3 is 0 Å². The van der Waals surface area contributed by atoms with E-state index < -0.39 is 0 Å². The number of carbonyl (C=O) groups excluding carboxylic acids is 1. The lowest BCUT2D eigenvalue weighted by Crippen LogP contribution is -2.35. The topological polar surface area (TPSA) is 67.4 Å². The van der Waals surface area contributed by atoms with Crippen molar-refractivity contribution >= 4 is 22.4 Å². The molecule has 2 aromatic rings. The highest BCUT2D eigenvalue weighted by Gasteiger charge is 2.13. The molecule has 1 aliphatic rings. The number of amides is 1. The van der Waals surface area contributed by atoms with Gasteiger partial charge in [-0.25, -0.2) is 4.98 Å². The van der Waals surface area contributed by atoms with Crippen molar-refractivity contribution in [2.45, 2.75) is 6.54 Å². The smallest absolute Gasteiger partial charge is 0.259 e. The van der Waals surface area contributed by atoms with Crippen LogP contribution >= 0.6 is 11.3 Å². The first-order valence-electron chi connectivity index (χ1n) is 6.77. The molecule has 1 aliphatic heterocycles. The van der Waals surface area contributed by atoms with E-state index in [0.29, 0.717) is 10.7 Å². The lowest BCUT2D eigenvalue weighted by Gasteiger charge is -2.25. The maximum absolute atomic E-state index is 12.0. The second kappa shape index (κ2) is 6.75. The van der Waals surface area contributed by atoms with Gasteiger partial charge in [-0.3, -0.25) is 20.0 Å². The Labute approximate surface area is 126 Å². The zero-order chi connectivity index (χ0) is 14.5. The number of aromatic nitrogens is 2.